The molecule has 0 atom stereocenters. The van der Waals surface area contributed by atoms with Crippen LogP contribution in [0.5, 0.6) is 5.75 Å². The molecule has 8 heteroatoms. The number of fused-ring (bicyclic) bond motifs is 1. The number of ether oxygens (including phenoxy) is 3. The summed E-state index contributed by atoms with van der Waals surface area (Å²) in [5, 5.41) is 0.910. The third-order valence-electron chi connectivity index (χ3n) is 6.92. The minimum Gasteiger partial charge on any atom is -0.490 e. The lowest BCUT2D eigenvalue weighted by molar-refractivity contribution is 0.0270. The van der Waals surface area contributed by atoms with E-state index in [0.717, 1.165) is 53.7 Å². The highest BCUT2D eigenvalue weighted by atomic mass is 16.6. The van der Waals surface area contributed by atoms with Crippen LogP contribution >= 0.6 is 0 Å². The summed E-state index contributed by atoms with van der Waals surface area (Å²) in [4.78, 5) is 32.3. The molecule has 3 heterocycles. The Morgan fingerprint density at radius 1 is 1.11 bits per heavy atom. The van der Waals surface area contributed by atoms with Gasteiger partial charge >= 0.3 is 12.1 Å². The number of piperidine rings is 1. The van der Waals surface area contributed by atoms with Crippen molar-refractivity contribution in [2.45, 2.75) is 78.6 Å². The number of rotatable bonds is 6. The van der Waals surface area contributed by atoms with Crippen LogP contribution in [-0.4, -0.2) is 77.4 Å². The van der Waals surface area contributed by atoms with Gasteiger partial charge in [-0.1, -0.05) is 6.08 Å². The molecule has 1 fully saturated rings. The molecule has 0 bridgehead atoms. The second kappa shape index (κ2) is 11.2. The zero-order valence-corrected chi connectivity index (χ0v) is 23.1. The summed E-state index contributed by atoms with van der Waals surface area (Å²) in [5.74, 6) is 0.454. The molecule has 4 rings (SSSR count). The number of H-pyrrole nitrogens is 1. The van der Waals surface area contributed by atoms with E-state index in [4.69, 9.17) is 14.2 Å². The van der Waals surface area contributed by atoms with Crippen LogP contribution in [0.1, 0.15) is 76.9 Å². The van der Waals surface area contributed by atoms with Crippen molar-refractivity contribution in [3.63, 3.8) is 0 Å². The average molecular weight is 512 g/mol. The van der Waals surface area contributed by atoms with Crippen molar-refractivity contribution in [1.29, 1.82) is 0 Å². The number of hydrogen-bond acceptors (Lipinski definition) is 6. The number of amides is 1. The van der Waals surface area contributed by atoms with E-state index in [2.05, 4.69) is 35.9 Å². The highest BCUT2D eigenvalue weighted by Gasteiger charge is 2.27. The van der Waals surface area contributed by atoms with E-state index in [0.29, 0.717) is 37.9 Å². The number of esters is 1. The lowest BCUT2D eigenvalue weighted by Crippen LogP contribution is -2.41. The Morgan fingerprint density at radius 3 is 2.43 bits per heavy atom. The van der Waals surface area contributed by atoms with Crippen molar-refractivity contribution in [3.8, 4) is 5.75 Å². The van der Waals surface area contributed by atoms with Gasteiger partial charge in [-0.25, -0.2) is 9.59 Å². The molecule has 0 radical (unpaired) electrons. The maximum absolute atomic E-state index is 12.6. The summed E-state index contributed by atoms with van der Waals surface area (Å²) in [6.45, 7) is 15.3. The molecular weight excluding hydrogens is 470 g/mol. The Kier molecular flexibility index (Phi) is 8.17. The normalized spacial score (nSPS) is 17.7. The maximum Gasteiger partial charge on any atom is 0.410 e. The highest BCUT2D eigenvalue weighted by molar-refractivity contribution is 5.96. The Labute approximate surface area is 219 Å². The molecule has 2 aromatic rings. The molecule has 1 aromatic carbocycles. The molecule has 0 aliphatic carbocycles. The van der Waals surface area contributed by atoms with Crippen LogP contribution in [0.25, 0.3) is 16.5 Å². The number of aromatic nitrogens is 1. The van der Waals surface area contributed by atoms with Crippen molar-refractivity contribution in [3.05, 3.63) is 35.5 Å². The van der Waals surface area contributed by atoms with Gasteiger partial charge in [0.25, 0.3) is 0 Å². The van der Waals surface area contributed by atoms with Crippen LogP contribution in [0.4, 0.5) is 4.79 Å². The van der Waals surface area contributed by atoms with Gasteiger partial charge in [-0.15, -0.1) is 0 Å². The molecule has 2 aliphatic heterocycles. The van der Waals surface area contributed by atoms with Crippen molar-refractivity contribution in [2.24, 2.45) is 0 Å². The standard InChI is InChI=1S/C29H41N3O5/c1-7-35-27(33)25-16-21-17-26(36-22-10-14-31(15-11-22)19(2)3)23(18-24(21)30-25)20-8-12-32(13-9-20)28(34)37-29(4,5)6/h8,16-19,22,30H,7,9-15H2,1-6H3. The number of carbonyl (C=O) groups is 2. The summed E-state index contributed by atoms with van der Waals surface area (Å²) in [6, 6.07) is 6.45. The molecule has 8 nitrogen and oxygen atoms in total. The third-order valence-corrected chi connectivity index (χ3v) is 6.92. The fourth-order valence-corrected chi connectivity index (χ4v) is 4.92. The van der Waals surface area contributed by atoms with Gasteiger partial charge in [0.15, 0.2) is 0 Å². The van der Waals surface area contributed by atoms with Gasteiger partial charge in [-0.2, -0.15) is 0 Å². The zero-order chi connectivity index (χ0) is 26.7. The largest absolute Gasteiger partial charge is 0.490 e. The molecule has 2 aliphatic rings. The molecule has 0 saturated carbocycles. The second-order valence-corrected chi connectivity index (χ2v) is 11.2. The first-order chi connectivity index (χ1) is 17.5. The molecule has 1 saturated heterocycles. The van der Waals surface area contributed by atoms with E-state index >= 15 is 0 Å². The topological polar surface area (TPSA) is 84.1 Å². The number of carbonyl (C=O) groups excluding carboxylic acids is 2. The van der Waals surface area contributed by atoms with Crippen molar-refractivity contribution in [2.75, 3.05) is 32.8 Å². The molecule has 202 valence electrons. The van der Waals surface area contributed by atoms with E-state index in [1.807, 2.05) is 32.9 Å². The second-order valence-electron chi connectivity index (χ2n) is 11.2. The van der Waals surface area contributed by atoms with Crippen LogP contribution in [0.15, 0.2) is 24.3 Å². The summed E-state index contributed by atoms with van der Waals surface area (Å²) < 4.78 is 17.4. The van der Waals surface area contributed by atoms with Gasteiger partial charge in [-0.3, -0.25) is 0 Å². The number of benzene rings is 1. The van der Waals surface area contributed by atoms with E-state index in [1.54, 1.807) is 11.8 Å². The third kappa shape index (κ3) is 6.66. The number of nitrogens with zero attached hydrogens (tertiary/aromatic N) is 2. The van der Waals surface area contributed by atoms with E-state index < -0.39 is 5.60 Å². The molecule has 1 N–H and O–H groups in total. The number of aromatic amines is 1. The van der Waals surface area contributed by atoms with Crippen molar-refractivity contribution in [1.82, 2.24) is 14.8 Å². The average Bonchev–Trinajstić information content (AvgIpc) is 3.26. The smallest absolute Gasteiger partial charge is 0.410 e. The lowest BCUT2D eigenvalue weighted by atomic mass is 9.97. The van der Waals surface area contributed by atoms with Crippen LogP contribution < -0.4 is 4.74 Å². The van der Waals surface area contributed by atoms with E-state index in [1.165, 1.54) is 0 Å². The van der Waals surface area contributed by atoms with E-state index in [-0.39, 0.29) is 18.2 Å². The Hall–Kier alpha value is -3.00. The first-order valence-corrected chi connectivity index (χ1v) is 13.5. The monoisotopic (exact) mass is 511 g/mol. The minimum absolute atomic E-state index is 0.136. The quantitative estimate of drug-likeness (QED) is 0.507. The van der Waals surface area contributed by atoms with Gasteiger partial charge in [0.1, 0.15) is 23.1 Å². The molecule has 37 heavy (non-hydrogen) atoms. The first-order valence-electron chi connectivity index (χ1n) is 13.5. The van der Waals surface area contributed by atoms with Gasteiger partial charge in [0, 0.05) is 48.7 Å². The Bertz CT molecular complexity index is 1150. The fraction of sp³-hybridized carbons (Fsp3) is 0.586. The summed E-state index contributed by atoms with van der Waals surface area (Å²) in [7, 11) is 0. The number of nitrogens with one attached hydrogen (secondary N) is 1. The number of hydrogen-bond donors (Lipinski definition) is 1. The highest BCUT2D eigenvalue weighted by Crippen LogP contribution is 2.36. The summed E-state index contributed by atoms with van der Waals surface area (Å²) in [5.41, 5.74) is 2.89. The first kappa shape index (κ1) is 27.0. The van der Waals surface area contributed by atoms with Crippen LogP contribution in [0.3, 0.4) is 0 Å². The molecular formula is C29H41N3O5. The van der Waals surface area contributed by atoms with Crippen LogP contribution in [0, 0.1) is 0 Å². The van der Waals surface area contributed by atoms with Crippen LogP contribution in [-0.2, 0) is 9.47 Å². The van der Waals surface area contributed by atoms with Crippen molar-refractivity contribution >= 4 is 28.5 Å². The predicted octanol–water partition coefficient (Wildman–Crippen LogP) is 5.62. The summed E-state index contributed by atoms with van der Waals surface area (Å²) in [6.07, 6.45) is 4.56. The molecule has 1 aromatic heterocycles. The number of likely N-dealkylation sites (tertiary alicyclic amines) is 1. The molecule has 0 spiro atoms. The van der Waals surface area contributed by atoms with Gasteiger partial charge in [-0.05, 0) is 84.6 Å². The SMILES string of the molecule is CCOC(=O)c1cc2cc(OC3CCN(C(C)C)CC3)c(C3=CCN(C(=O)OC(C)(C)C)CC3)cc2[nH]1. The van der Waals surface area contributed by atoms with Gasteiger partial charge in [0.2, 0.25) is 0 Å². The zero-order valence-electron chi connectivity index (χ0n) is 23.1. The van der Waals surface area contributed by atoms with Gasteiger partial charge < -0.3 is 29.0 Å². The predicted molar refractivity (Wildman–Crippen MR) is 145 cm³/mol. The fourth-order valence-electron chi connectivity index (χ4n) is 4.92. The van der Waals surface area contributed by atoms with E-state index in [9.17, 15) is 9.59 Å². The maximum atomic E-state index is 12.6. The minimum atomic E-state index is -0.525. The van der Waals surface area contributed by atoms with Crippen molar-refractivity contribution < 1.29 is 23.8 Å². The Morgan fingerprint density at radius 2 is 1.84 bits per heavy atom. The lowest BCUT2D eigenvalue weighted by Gasteiger charge is -2.35. The van der Waals surface area contributed by atoms with Gasteiger partial charge in [0.05, 0.1) is 6.61 Å². The molecule has 1 amide bonds. The summed E-state index contributed by atoms with van der Waals surface area (Å²) >= 11 is 0. The van der Waals surface area contributed by atoms with Crippen LogP contribution in [0.2, 0.25) is 0 Å². The molecule has 0 unspecified atom stereocenters. The Balaban J connectivity index is 1.60.